The van der Waals surface area contributed by atoms with Gasteiger partial charge in [-0.2, -0.15) is 0 Å². The van der Waals surface area contributed by atoms with Gasteiger partial charge in [0, 0.05) is 16.4 Å². The standard InChI is InChI=1S/C16H14BrN3OS/c1-11-8-12(5-6-14(11)17)19-15(21)10-22-16-18-9-13-4-2-3-7-20(13)16/h2-9H,10H2,1H3,(H,19,21). The van der Waals surface area contributed by atoms with Gasteiger partial charge in [0.2, 0.25) is 5.91 Å². The van der Waals surface area contributed by atoms with E-state index in [0.29, 0.717) is 5.75 Å². The summed E-state index contributed by atoms with van der Waals surface area (Å²) in [6, 6.07) is 11.7. The van der Waals surface area contributed by atoms with Gasteiger partial charge in [0.25, 0.3) is 0 Å². The fourth-order valence-corrected chi connectivity index (χ4v) is 3.09. The molecule has 0 atom stereocenters. The van der Waals surface area contributed by atoms with Crippen molar-refractivity contribution >= 4 is 44.8 Å². The Kier molecular flexibility index (Phi) is 4.49. The summed E-state index contributed by atoms with van der Waals surface area (Å²) in [6.45, 7) is 1.99. The van der Waals surface area contributed by atoms with Crippen molar-refractivity contribution in [1.82, 2.24) is 9.38 Å². The molecule has 4 nitrogen and oxygen atoms in total. The van der Waals surface area contributed by atoms with E-state index in [1.807, 2.05) is 53.9 Å². The molecule has 0 aliphatic heterocycles. The van der Waals surface area contributed by atoms with Gasteiger partial charge in [0.15, 0.2) is 5.16 Å². The second-order valence-electron chi connectivity index (χ2n) is 4.84. The van der Waals surface area contributed by atoms with Gasteiger partial charge in [-0.3, -0.25) is 9.20 Å². The van der Waals surface area contributed by atoms with Crippen molar-refractivity contribution in [3.63, 3.8) is 0 Å². The average molecular weight is 376 g/mol. The number of carbonyl (C=O) groups excluding carboxylic acids is 1. The van der Waals surface area contributed by atoms with Crippen LogP contribution in [0, 0.1) is 6.92 Å². The number of aromatic nitrogens is 2. The molecule has 1 N–H and O–H groups in total. The maximum Gasteiger partial charge on any atom is 0.234 e. The molecule has 0 radical (unpaired) electrons. The minimum absolute atomic E-state index is 0.0422. The fraction of sp³-hybridized carbons (Fsp3) is 0.125. The summed E-state index contributed by atoms with van der Waals surface area (Å²) in [6.07, 6.45) is 3.75. The van der Waals surface area contributed by atoms with Crippen molar-refractivity contribution < 1.29 is 4.79 Å². The minimum atomic E-state index is -0.0422. The molecule has 0 fully saturated rings. The molecule has 0 aliphatic rings. The lowest BCUT2D eigenvalue weighted by molar-refractivity contribution is -0.113. The number of thioether (sulfide) groups is 1. The van der Waals surface area contributed by atoms with Crippen molar-refractivity contribution in [3.8, 4) is 0 Å². The third kappa shape index (κ3) is 3.34. The number of pyridine rings is 1. The van der Waals surface area contributed by atoms with E-state index in [0.717, 1.165) is 26.4 Å². The summed E-state index contributed by atoms with van der Waals surface area (Å²) >= 11 is 4.87. The summed E-state index contributed by atoms with van der Waals surface area (Å²) in [5.74, 6) is 0.280. The highest BCUT2D eigenvalue weighted by Crippen LogP contribution is 2.21. The molecule has 3 rings (SSSR count). The Morgan fingerprint density at radius 3 is 3.05 bits per heavy atom. The summed E-state index contributed by atoms with van der Waals surface area (Å²) in [5, 5.41) is 3.72. The largest absolute Gasteiger partial charge is 0.325 e. The molecule has 0 spiro atoms. The molecule has 0 aliphatic carbocycles. The summed E-state index contributed by atoms with van der Waals surface area (Å²) < 4.78 is 3.01. The Bertz CT molecular complexity index is 831. The highest BCUT2D eigenvalue weighted by Gasteiger charge is 2.08. The van der Waals surface area contributed by atoms with Crippen LogP contribution < -0.4 is 5.32 Å². The molecule has 6 heteroatoms. The number of carbonyl (C=O) groups is 1. The Balaban J connectivity index is 1.63. The van der Waals surface area contributed by atoms with E-state index in [1.165, 1.54) is 11.8 Å². The molecule has 0 bridgehead atoms. The van der Waals surface area contributed by atoms with Crippen LogP contribution in [-0.4, -0.2) is 21.0 Å². The second-order valence-corrected chi connectivity index (χ2v) is 6.63. The maximum atomic E-state index is 12.1. The van der Waals surface area contributed by atoms with E-state index in [2.05, 4.69) is 26.2 Å². The highest BCUT2D eigenvalue weighted by molar-refractivity contribution is 9.10. The topological polar surface area (TPSA) is 46.4 Å². The van der Waals surface area contributed by atoms with Gasteiger partial charge in [0.1, 0.15) is 0 Å². The van der Waals surface area contributed by atoms with Crippen molar-refractivity contribution in [2.45, 2.75) is 12.1 Å². The molecule has 2 heterocycles. The number of nitrogens with one attached hydrogen (secondary N) is 1. The van der Waals surface area contributed by atoms with Gasteiger partial charge in [-0.1, -0.05) is 33.8 Å². The molecule has 1 aromatic carbocycles. The molecule has 0 saturated carbocycles. The van der Waals surface area contributed by atoms with Crippen molar-refractivity contribution in [1.29, 1.82) is 0 Å². The number of nitrogens with zero attached hydrogens (tertiary/aromatic N) is 2. The number of halogens is 1. The zero-order chi connectivity index (χ0) is 15.5. The first-order chi connectivity index (χ1) is 10.6. The molecule has 3 aromatic rings. The lowest BCUT2D eigenvalue weighted by atomic mass is 10.2. The Morgan fingerprint density at radius 2 is 2.23 bits per heavy atom. The highest BCUT2D eigenvalue weighted by atomic mass is 79.9. The first-order valence-electron chi connectivity index (χ1n) is 6.74. The molecule has 0 saturated heterocycles. The molecular weight excluding hydrogens is 362 g/mol. The number of imidazole rings is 1. The fourth-order valence-electron chi connectivity index (χ4n) is 2.08. The Labute approximate surface area is 141 Å². The molecule has 112 valence electrons. The van der Waals surface area contributed by atoms with E-state index >= 15 is 0 Å². The average Bonchev–Trinajstić information content (AvgIpc) is 2.92. The van der Waals surface area contributed by atoms with E-state index in [1.54, 1.807) is 6.20 Å². The lowest BCUT2D eigenvalue weighted by Gasteiger charge is -2.07. The van der Waals surface area contributed by atoms with Crippen LogP contribution in [0.2, 0.25) is 0 Å². The van der Waals surface area contributed by atoms with Crippen LogP contribution in [0.3, 0.4) is 0 Å². The smallest absolute Gasteiger partial charge is 0.234 e. The van der Waals surface area contributed by atoms with Crippen LogP contribution in [0.4, 0.5) is 5.69 Å². The SMILES string of the molecule is Cc1cc(NC(=O)CSc2ncc3ccccn23)ccc1Br. The van der Waals surface area contributed by atoms with Crippen molar-refractivity contribution in [2.24, 2.45) is 0 Å². The molecular formula is C16H14BrN3OS. The number of hydrogen-bond donors (Lipinski definition) is 1. The predicted octanol–water partition coefficient (Wildman–Crippen LogP) is 4.14. The first kappa shape index (κ1) is 15.1. The zero-order valence-corrected chi connectivity index (χ0v) is 14.3. The number of fused-ring (bicyclic) bond motifs is 1. The van der Waals surface area contributed by atoms with Crippen LogP contribution in [0.5, 0.6) is 0 Å². The van der Waals surface area contributed by atoms with Crippen LogP contribution in [0.1, 0.15) is 5.56 Å². The molecule has 2 aromatic heterocycles. The Hall–Kier alpha value is -1.79. The van der Waals surface area contributed by atoms with E-state index in [-0.39, 0.29) is 5.91 Å². The number of hydrogen-bond acceptors (Lipinski definition) is 3. The predicted molar refractivity (Wildman–Crippen MR) is 93.4 cm³/mol. The second kappa shape index (κ2) is 6.54. The molecule has 1 amide bonds. The van der Waals surface area contributed by atoms with Crippen LogP contribution in [-0.2, 0) is 4.79 Å². The van der Waals surface area contributed by atoms with Gasteiger partial charge in [-0.15, -0.1) is 0 Å². The van der Waals surface area contributed by atoms with Crippen molar-refractivity contribution in [3.05, 3.63) is 58.8 Å². The zero-order valence-electron chi connectivity index (χ0n) is 11.9. The minimum Gasteiger partial charge on any atom is -0.325 e. The van der Waals surface area contributed by atoms with Crippen LogP contribution in [0.25, 0.3) is 5.52 Å². The third-order valence-corrected chi connectivity index (χ3v) is 5.04. The summed E-state index contributed by atoms with van der Waals surface area (Å²) in [7, 11) is 0. The Morgan fingerprint density at radius 1 is 1.36 bits per heavy atom. The third-order valence-electron chi connectivity index (χ3n) is 3.18. The van der Waals surface area contributed by atoms with Gasteiger partial charge >= 0.3 is 0 Å². The van der Waals surface area contributed by atoms with E-state index in [9.17, 15) is 4.79 Å². The van der Waals surface area contributed by atoms with Gasteiger partial charge in [-0.05, 0) is 42.8 Å². The van der Waals surface area contributed by atoms with Gasteiger partial charge in [-0.25, -0.2) is 4.98 Å². The van der Waals surface area contributed by atoms with E-state index < -0.39 is 0 Å². The summed E-state index contributed by atoms with van der Waals surface area (Å²) in [5.41, 5.74) is 2.91. The molecule has 22 heavy (non-hydrogen) atoms. The monoisotopic (exact) mass is 375 g/mol. The summed E-state index contributed by atoms with van der Waals surface area (Å²) in [4.78, 5) is 16.4. The van der Waals surface area contributed by atoms with Crippen LogP contribution >= 0.6 is 27.7 Å². The quantitative estimate of drug-likeness (QED) is 0.697. The number of rotatable bonds is 4. The first-order valence-corrected chi connectivity index (χ1v) is 8.52. The van der Waals surface area contributed by atoms with Gasteiger partial charge < -0.3 is 5.32 Å². The number of anilines is 1. The maximum absolute atomic E-state index is 12.1. The number of aryl methyl sites for hydroxylation is 1. The van der Waals surface area contributed by atoms with E-state index in [4.69, 9.17) is 0 Å². The number of amides is 1. The van der Waals surface area contributed by atoms with Crippen molar-refractivity contribution in [2.75, 3.05) is 11.1 Å². The lowest BCUT2D eigenvalue weighted by Crippen LogP contribution is -2.14. The van der Waals surface area contributed by atoms with Gasteiger partial charge in [0.05, 0.1) is 17.5 Å². The number of benzene rings is 1. The molecule has 0 unspecified atom stereocenters. The van der Waals surface area contributed by atoms with Crippen LogP contribution in [0.15, 0.2) is 58.4 Å². The normalized spacial score (nSPS) is 10.8.